The molecular formula is C21H26O8. The van der Waals surface area contributed by atoms with Crippen LogP contribution in [0.1, 0.15) is 23.7 Å². The summed E-state index contributed by atoms with van der Waals surface area (Å²) in [4.78, 5) is 0. The maximum Gasteiger partial charge on any atom is 0.204 e. The Morgan fingerprint density at radius 1 is 0.897 bits per heavy atom. The van der Waals surface area contributed by atoms with Crippen LogP contribution in [0.5, 0.6) is 34.5 Å². The normalized spacial score (nSPS) is 17.7. The molecule has 0 unspecified atom stereocenters. The van der Waals surface area contributed by atoms with Crippen molar-refractivity contribution in [1.82, 2.24) is 0 Å². The molecule has 3 N–H and O–H groups in total. The largest absolute Gasteiger partial charge is 0.502 e. The second-order valence-corrected chi connectivity index (χ2v) is 6.60. The third-order valence-electron chi connectivity index (χ3n) is 4.80. The number of hydrogen-bond donors (Lipinski definition) is 3. The minimum atomic E-state index is -0.710. The fraction of sp³-hybridized carbons (Fsp3) is 0.429. The van der Waals surface area contributed by atoms with Gasteiger partial charge in [-0.05, 0) is 42.7 Å². The van der Waals surface area contributed by atoms with Crippen LogP contribution in [0.2, 0.25) is 0 Å². The number of aliphatic hydroxyl groups excluding tert-OH is 2. The Bertz CT molecular complexity index is 826. The van der Waals surface area contributed by atoms with E-state index in [0.717, 1.165) is 5.56 Å². The minimum absolute atomic E-state index is 0.0824. The molecule has 0 aromatic heterocycles. The Morgan fingerprint density at radius 2 is 1.55 bits per heavy atom. The third-order valence-corrected chi connectivity index (χ3v) is 4.80. The number of benzene rings is 2. The molecule has 1 heterocycles. The number of rotatable bonds is 8. The van der Waals surface area contributed by atoms with Gasteiger partial charge in [0.1, 0.15) is 0 Å². The predicted octanol–water partition coefficient (Wildman–Crippen LogP) is 2.22. The van der Waals surface area contributed by atoms with E-state index in [1.54, 1.807) is 12.1 Å². The number of hydrogen-bond acceptors (Lipinski definition) is 8. The summed E-state index contributed by atoms with van der Waals surface area (Å²) >= 11 is 0. The highest BCUT2D eigenvalue weighted by Gasteiger charge is 2.36. The van der Waals surface area contributed by atoms with E-state index in [0.29, 0.717) is 35.7 Å². The van der Waals surface area contributed by atoms with Crippen LogP contribution in [0.3, 0.4) is 0 Å². The summed E-state index contributed by atoms with van der Waals surface area (Å²) in [5.41, 5.74) is 1.54. The molecule has 1 aliphatic heterocycles. The van der Waals surface area contributed by atoms with E-state index < -0.39 is 12.2 Å². The number of phenols is 1. The van der Waals surface area contributed by atoms with Crippen molar-refractivity contribution in [1.29, 1.82) is 0 Å². The molecule has 0 aliphatic carbocycles. The molecule has 2 aromatic rings. The van der Waals surface area contributed by atoms with E-state index in [4.69, 9.17) is 28.8 Å². The lowest BCUT2D eigenvalue weighted by molar-refractivity contribution is -0.0143. The van der Waals surface area contributed by atoms with Crippen molar-refractivity contribution < 1.29 is 39.0 Å². The standard InChI is InChI=1S/C21H26O8/c1-25-14-9-13(10-15(26-2)19(14)24)20-18(11-23)29-21-16(27-3)7-12(5-4-6-22)8-17(21)28-20/h7-10,18,20,22-24H,4-6,11H2,1-3H3/t18-,20-/m0/s1. The van der Waals surface area contributed by atoms with Gasteiger partial charge in [-0.15, -0.1) is 0 Å². The lowest BCUT2D eigenvalue weighted by Gasteiger charge is -2.34. The smallest absolute Gasteiger partial charge is 0.204 e. The Balaban J connectivity index is 2.03. The lowest BCUT2D eigenvalue weighted by Crippen LogP contribution is -2.36. The second-order valence-electron chi connectivity index (χ2n) is 6.60. The van der Waals surface area contributed by atoms with E-state index in [-0.39, 0.29) is 30.5 Å². The van der Waals surface area contributed by atoms with Gasteiger partial charge in [0.25, 0.3) is 0 Å². The van der Waals surface area contributed by atoms with Crippen molar-refractivity contribution >= 4 is 0 Å². The van der Waals surface area contributed by atoms with Crippen LogP contribution in [0.4, 0.5) is 0 Å². The van der Waals surface area contributed by atoms with Crippen LogP contribution in [0.25, 0.3) is 0 Å². The number of aliphatic hydroxyl groups is 2. The van der Waals surface area contributed by atoms with Crippen LogP contribution >= 0.6 is 0 Å². The number of fused-ring (bicyclic) bond motifs is 1. The van der Waals surface area contributed by atoms with E-state index >= 15 is 0 Å². The van der Waals surface area contributed by atoms with E-state index in [1.165, 1.54) is 21.3 Å². The molecule has 29 heavy (non-hydrogen) atoms. The zero-order valence-corrected chi connectivity index (χ0v) is 16.7. The molecule has 0 saturated heterocycles. The molecule has 8 nitrogen and oxygen atoms in total. The topological polar surface area (TPSA) is 107 Å². The molecule has 2 atom stereocenters. The fourth-order valence-corrected chi connectivity index (χ4v) is 3.33. The zero-order chi connectivity index (χ0) is 21.0. The van der Waals surface area contributed by atoms with E-state index in [9.17, 15) is 10.2 Å². The molecule has 3 rings (SSSR count). The van der Waals surface area contributed by atoms with Crippen LogP contribution in [0.15, 0.2) is 24.3 Å². The first-order valence-electron chi connectivity index (χ1n) is 9.27. The maximum absolute atomic E-state index is 10.2. The van der Waals surface area contributed by atoms with Crippen molar-refractivity contribution in [2.45, 2.75) is 25.0 Å². The molecule has 2 aromatic carbocycles. The summed E-state index contributed by atoms with van der Waals surface area (Å²) in [6, 6.07) is 6.90. The van der Waals surface area contributed by atoms with Crippen molar-refractivity contribution in [3.8, 4) is 34.5 Å². The van der Waals surface area contributed by atoms with Gasteiger partial charge in [-0.2, -0.15) is 0 Å². The predicted molar refractivity (Wildman–Crippen MR) is 104 cm³/mol. The lowest BCUT2D eigenvalue weighted by atomic mass is 10.0. The van der Waals surface area contributed by atoms with Gasteiger partial charge in [-0.25, -0.2) is 0 Å². The highest BCUT2D eigenvalue weighted by molar-refractivity contribution is 5.57. The molecule has 0 spiro atoms. The Labute approximate surface area is 169 Å². The summed E-state index contributed by atoms with van der Waals surface area (Å²) in [5, 5.41) is 29.2. The van der Waals surface area contributed by atoms with Gasteiger partial charge < -0.3 is 39.0 Å². The van der Waals surface area contributed by atoms with Crippen molar-refractivity contribution in [3.05, 3.63) is 35.4 Å². The summed E-state index contributed by atoms with van der Waals surface area (Å²) in [7, 11) is 4.41. The van der Waals surface area contributed by atoms with Gasteiger partial charge in [0.2, 0.25) is 11.5 Å². The van der Waals surface area contributed by atoms with Gasteiger partial charge >= 0.3 is 0 Å². The van der Waals surface area contributed by atoms with Gasteiger partial charge in [-0.3, -0.25) is 0 Å². The zero-order valence-electron chi connectivity index (χ0n) is 16.7. The number of aryl methyl sites for hydroxylation is 1. The average molecular weight is 406 g/mol. The SMILES string of the molecule is COc1cc([C@@H]2Oc3cc(CCCO)cc(OC)c3O[C@H]2CO)cc(OC)c1O. The van der Waals surface area contributed by atoms with Gasteiger partial charge in [0, 0.05) is 12.2 Å². The molecule has 0 amide bonds. The molecule has 8 heteroatoms. The molecule has 158 valence electrons. The van der Waals surface area contributed by atoms with Gasteiger partial charge in [0.15, 0.2) is 35.2 Å². The van der Waals surface area contributed by atoms with Crippen molar-refractivity contribution in [3.63, 3.8) is 0 Å². The number of methoxy groups -OCH3 is 3. The molecule has 1 aliphatic rings. The summed E-state index contributed by atoms with van der Waals surface area (Å²) in [6.45, 7) is -0.218. The minimum Gasteiger partial charge on any atom is -0.502 e. The summed E-state index contributed by atoms with van der Waals surface area (Å²) in [5.74, 6) is 1.70. The molecule has 0 radical (unpaired) electrons. The Kier molecular flexibility index (Phi) is 6.56. The van der Waals surface area contributed by atoms with Crippen LogP contribution < -0.4 is 23.7 Å². The summed E-state index contributed by atoms with van der Waals surface area (Å²) in [6.07, 6.45) is -0.122. The monoisotopic (exact) mass is 406 g/mol. The van der Waals surface area contributed by atoms with Crippen molar-refractivity contribution in [2.75, 3.05) is 34.5 Å². The number of aromatic hydroxyl groups is 1. The first kappa shape index (κ1) is 20.9. The van der Waals surface area contributed by atoms with Crippen LogP contribution in [0, 0.1) is 0 Å². The number of ether oxygens (including phenoxy) is 5. The highest BCUT2D eigenvalue weighted by atomic mass is 16.6. The third kappa shape index (κ3) is 4.13. The maximum atomic E-state index is 10.2. The quantitative estimate of drug-likeness (QED) is 0.613. The fourth-order valence-electron chi connectivity index (χ4n) is 3.33. The first-order valence-corrected chi connectivity index (χ1v) is 9.27. The van der Waals surface area contributed by atoms with Crippen LogP contribution in [-0.4, -0.2) is 56.0 Å². The number of phenolic OH excluding ortho intramolecular Hbond substituents is 1. The first-order chi connectivity index (χ1) is 14.1. The van der Waals surface area contributed by atoms with Crippen LogP contribution in [-0.2, 0) is 6.42 Å². The molecule has 0 saturated carbocycles. The Morgan fingerprint density at radius 3 is 2.10 bits per heavy atom. The molecule has 0 bridgehead atoms. The van der Waals surface area contributed by atoms with Crippen molar-refractivity contribution in [2.24, 2.45) is 0 Å². The van der Waals surface area contributed by atoms with Gasteiger partial charge in [0.05, 0.1) is 27.9 Å². The molecular weight excluding hydrogens is 380 g/mol. The van der Waals surface area contributed by atoms with E-state index in [2.05, 4.69) is 0 Å². The Hall–Kier alpha value is -2.84. The average Bonchev–Trinajstić information content (AvgIpc) is 2.76. The second kappa shape index (κ2) is 9.11. The summed E-state index contributed by atoms with van der Waals surface area (Å²) < 4.78 is 28.1. The highest BCUT2D eigenvalue weighted by Crippen LogP contribution is 2.48. The van der Waals surface area contributed by atoms with Gasteiger partial charge in [-0.1, -0.05) is 0 Å². The van der Waals surface area contributed by atoms with E-state index in [1.807, 2.05) is 12.1 Å². The molecule has 0 fully saturated rings.